The van der Waals surface area contributed by atoms with Crippen LogP contribution in [0.4, 0.5) is 4.39 Å². The first-order chi connectivity index (χ1) is 14.6. The Balaban J connectivity index is 1.66. The summed E-state index contributed by atoms with van der Waals surface area (Å²) in [5.74, 6) is 1.82. The maximum Gasteiger partial charge on any atom is 0.314 e. The summed E-state index contributed by atoms with van der Waals surface area (Å²) >= 11 is 0. The third kappa shape index (κ3) is 9.49. The van der Waals surface area contributed by atoms with E-state index in [4.69, 9.17) is 9.47 Å². The van der Waals surface area contributed by atoms with E-state index in [1.54, 1.807) is 24.3 Å². The van der Waals surface area contributed by atoms with E-state index in [0.717, 1.165) is 57.3 Å². The van der Waals surface area contributed by atoms with E-state index in [1.165, 1.54) is 25.7 Å². The fourth-order valence-corrected chi connectivity index (χ4v) is 4.24. The minimum Gasteiger partial charge on any atom is -0.491 e. The smallest absolute Gasteiger partial charge is 0.314 e. The van der Waals surface area contributed by atoms with Gasteiger partial charge in [-0.15, -0.1) is 0 Å². The Morgan fingerprint density at radius 1 is 0.933 bits per heavy atom. The lowest BCUT2D eigenvalue weighted by Crippen LogP contribution is -2.25. The lowest BCUT2D eigenvalue weighted by molar-refractivity contribution is -0.140. The number of halogens is 1. The minimum absolute atomic E-state index is 0.0170. The maximum absolute atomic E-state index is 13.9. The van der Waals surface area contributed by atoms with Gasteiger partial charge in [0.2, 0.25) is 0 Å². The molecule has 1 aliphatic rings. The lowest BCUT2D eigenvalue weighted by Gasteiger charge is -2.27. The zero-order valence-electron chi connectivity index (χ0n) is 19.0. The summed E-state index contributed by atoms with van der Waals surface area (Å²) in [6.07, 6.45) is 13.3. The first kappa shape index (κ1) is 24.7. The van der Waals surface area contributed by atoms with Crippen LogP contribution in [-0.2, 0) is 4.79 Å². The summed E-state index contributed by atoms with van der Waals surface area (Å²) in [6, 6.07) is 6.96. The molecule has 0 amide bonds. The van der Waals surface area contributed by atoms with E-state index < -0.39 is 6.17 Å². The van der Waals surface area contributed by atoms with Crippen molar-refractivity contribution < 1.29 is 18.7 Å². The third-order valence-corrected chi connectivity index (χ3v) is 6.24. The summed E-state index contributed by atoms with van der Waals surface area (Å²) in [4.78, 5) is 12.5. The van der Waals surface area contributed by atoms with Gasteiger partial charge in [0.05, 0.1) is 5.92 Å². The van der Waals surface area contributed by atoms with Gasteiger partial charge in [0.15, 0.2) is 0 Å². The Morgan fingerprint density at radius 2 is 1.57 bits per heavy atom. The number of unbranched alkanes of at least 4 members (excludes halogenated alkanes) is 5. The molecule has 0 N–H and O–H groups in total. The number of ether oxygens (including phenoxy) is 2. The van der Waals surface area contributed by atoms with E-state index in [0.29, 0.717) is 17.9 Å². The van der Waals surface area contributed by atoms with Gasteiger partial charge in [0.25, 0.3) is 0 Å². The Bertz CT molecular complexity index is 578. The lowest BCUT2D eigenvalue weighted by atomic mass is 9.80. The SMILES string of the molecule is CCCCCCC(F)COc1ccc(OC(=O)C2CCC(CCCCC)CC2)cc1. The van der Waals surface area contributed by atoms with Crippen LogP contribution in [0.15, 0.2) is 24.3 Å². The number of alkyl halides is 1. The Morgan fingerprint density at radius 3 is 2.23 bits per heavy atom. The second-order valence-corrected chi connectivity index (χ2v) is 8.86. The van der Waals surface area contributed by atoms with Crippen molar-refractivity contribution in [3.8, 4) is 11.5 Å². The van der Waals surface area contributed by atoms with Gasteiger partial charge in [-0.3, -0.25) is 4.79 Å². The monoisotopic (exact) mass is 420 g/mol. The van der Waals surface area contributed by atoms with Crippen molar-refractivity contribution >= 4 is 5.97 Å². The molecule has 170 valence electrons. The van der Waals surface area contributed by atoms with Crippen molar-refractivity contribution in [2.45, 2.75) is 103 Å². The second-order valence-electron chi connectivity index (χ2n) is 8.86. The van der Waals surface area contributed by atoms with Gasteiger partial charge in [0.1, 0.15) is 24.3 Å². The highest BCUT2D eigenvalue weighted by atomic mass is 19.1. The summed E-state index contributed by atoms with van der Waals surface area (Å²) in [6.45, 7) is 4.46. The average molecular weight is 421 g/mol. The van der Waals surface area contributed by atoms with Crippen LogP contribution >= 0.6 is 0 Å². The maximum atomic E-state index is 13.9. The number of hydrogen-bond acceptors (Lipinski definition) is 3. The van der Waals surface area contributed by atoms with E-state index >= 15 is 0 Å². The number of rotatable bonds is 14. The number of benzene rings is 1. The summed E-state index contributed by atoms with van der Waals surface area (Å²) in [5.41, 5.74) is 0. The Labute approximate surface area is 182 Å². The van der Waals surface area contributed by atoms with Gasteiger partial charge in [0, 0.05) is 0 Å². The molecule has 1 aromatic carbocycles. The van der Waals surface area contributed by atoms with Gasteiger partial charge in [-0.25, -0.2) is 4.39 Å². The molecule has 0 aliphatic heterocycles. The molecule has 0 spiro atoms. The van der Waals surface area contributed by atoms with E-state index in [1.807, 2.05) is 0 Å². The average Bonchev–Trinajstić information content (AvgIpc) is 2.77. The van der Waals surface area contributed by atoms with E-state index in [9.17, 15) is 9.18 Å². The van der Waals surface area contributed by atoms with Gasteiger partial charge >= 0.3 is 5.97 Å². The van der Waals surface area contributed by atoms with Gasteiger partial charge in [-0.2, -0.15) is 0 Å². The predicted octanol–water partition coefficient (Wildman–Crippen LogP) is 7.67. The number of esters is 1. The molecule has 3 nitrogen and oxygen atoms in total. The molecule has 0 radical (unpaired) electrons. The molecule has 0 saturated heterocycles. The van der Waals surface area contributed by atoms with Crippen molar-refractivity contribution in [2.75, 3.05) is 6.61 Å². The Hall–Kier alpha value is -1.58. The molecule has 30 heavy (non-hydrogen) atoms. The van der Waals surface area contributed by atoms with Crippen LogP contribution in [0.5, 0.6) is 11.5 Å². The quantitative estimate of drug-likeness (QED) is 0.176. The van der Waals surface area contributed by atoms with Crippen LogP contribution < -0.4 is 9.47 Å². The Kier molecular flexibility index (Phi) is 11.9. The minimum atomic E-state index is -0.934. The fraction of sp³-hybridized carbons (Fsp3) is 0.731. The van der Waals surface area contributed by atoms with Crippen molar-refractivity contribution in [1.29, 1.82) is 0 Å². The van der Waals surface area contributed by atoms with Crippen LogP contribution in [0.3, 0.4) is 0 Å². The number of carbonyl (C=O) groups is 1. The van der Waals surface area contributed by atoms with Gasteiger partial charge < -0.3 is 9.47 Å². The highest BCUT2D eigenvalue weighted by Crippen LogP contribution is 2.33. The molecule has 1 aromatic rings. The first-order valence-corrected chi connectivity index (χ1v) is 12.2. The molecule has 1 aliphatic carbocycles. The molecule has 1 unspecified atom stereocenters. The fourth-order valence-electron chi connectivity index (χ4n) is 4.24. The highest BCUT2D eigenvalue weighted by Gasteiger charge is 2.27. The highest BCUT2D eigenvalue weighted by molar-refractivity contribution is 5.75. The number of carbonyl (C=O) groups excluding carboxylic acids is 1. The molecule has 0 heterocycles. The van der Waals surface area contributed by atoms with E-state index in [2.05, 4.69) is 13.8 Å². The molecule has 1 saturated carbocycles. The zero-order valence-corrected chi connectivity index (χ0v) is 19.0. The summed E-state index contributed by atoms with van der Waals surface area (Å²) in [5, 5.41) is 0. The molecule has 1 fully saturated rings. The standard InChI is InChI=1S/C26H41FO3/c1-3-5-7-9-11-23(27)20-29-24-16-18-25(19-17-24)30-26(28)22-14-12-21(13-15-22)10-8-6-4-2/h16-19,21-23H,3-15,20H2,1-2H3. The van der Waals surface area contributed by atoms with Crippen molar-refractivity contribution in [3.63, 3.8) is 0 Å². The molecule has 0 aromatic heterocycles. The van der Waals surface area contributed by atoms with Crippen molar-refractivity contribution in [3.05, 3.63) is 24.3 Å². The molecular formula is C26H41FO3. The molecular weight excluding hydrogens is 379 g/mol. The molecule has 4 heteroatoms. The van der Waals surface area contributed by atoms with Crippen LogP contribution in [0.1, 0.15) is 97.3 Å². The van der Waals surface area contributed by atoms with Crippen LogP contribution in [-0.4, -0.2) is 18.7 Å². The second kappa shape index (κ2) is 14.4. The largest absolute Gasteiger partial charge is 0.491 e. The summed E-state index contributed by atoms with van der Waals surface area (Å²) < 4.78 is 25.0. The predicted molar refractivity (Wildman–Crippen MR) is 121 cm³/mol. The van der Waals surface area contributed by atoms with Crippen LogP contribution in [0.25, 0.3) is 0 Å². The van der Waals surface area contributed by atoms with E-state index in [-0.39, 0.29) is 18.5 Å². The van der Waals surface area contributed by atoms with Crippen LogP contribution in [0, 0.1) is 11.8 Å². The normalized spacial score (nSPS) is 20.0. The first-order valence-electron chi connectivity index (χ1n) is 12.2. The number of hydrogen-bond donors (Lipinski definition) is 0. The van der Waals surface area contributed by atoms with Gasteiger partial charge in [-0.1, -0.05) is 65.2 Å². The molecule has 1 atom stereocenters. The topological polar surface area (TPSA) is 35.5 Å². The molecule has 0 bridgehead atoms. The van der Waals surface area contributed by atoms with Crippen molar-refractivity contribution in [1.82, 2.24) is 0 Å². The zero-order chi connectivity index (χ0) is 21.6. The van der Waals surface area contributed by atoms with Crippen molar-refractivity contribution in [2.24, 2.45) is 11.8 Å². The van der Waals surface area contributed by atoms with Crippen LogP contribution in [0.2, 0.25) is 0 Å². The summed E-state index contributed by atoms with van der Waals surface area (Å²) in [7, 11) is 0. The van der Waals surface area contributed by atoms with Gasteiger partial charge in [-0.05, 0) is 62.3 Å². The third-order valence-electron chi connectivity index (χ3n) is 6.24. The molecule has 2 rings (SSSR count).